The van der Waals surface area contributed by atoms with Crippen LogP contribution in [0.1, 0.15) is 20.3 Å². The van der Waals surface area contributed by atoms with Gasteiger partial charge in [0.2, 0.25) is 5.95 Å². The molecule has 2 unspecified atom stereocenters. The van der Waals surface area contributed by atoms with Crippen LogP contribution in [0.4, 0.5) is 5.95 Å². The summed E-state index contributed by atoms with van der Waals surface area (Å²) in [5.74, 6) is 0.574. The SMILES string of the molecule is CC(O)CC(C)Nc1nc2c(Br)cccn2n1. The van der Waals surface area contributed by atoms with Crippen LogP contribution in [-0.2, 0) is 0 Å². The number of halogens is 1. The summed E-state index contributed by atoms with van der Waals surface area (Å²) in [6.45, 7) is 3.76. The Morgan fingerprint density at radius 3 is 2.94 bits per heavy atom. The van der Waals surface area contributed by atoms with Crippen LogP contribution in [0.2, 0.25) is 0 Å². The first-order valence-electron chi connectivity index (χ1n) is 5.52. The fourth-order valence-electron chi connectivity index (χ4n) is 1.73. The maximum Gasteiger partial charge on any atom is 0.243 e. The highest BCUT2D eigenvalue weighted by Gasteiger charge is 2.10. The van der Waals surface area contributed by atoms with Crippen molar-refractivity contribution in [2.24, 2.45) is 0 Å². The van der Waals surface area contributed by atoms with E-state index >= 15 is 0 Å². The topological polar surface area (TPSA) is 62.5 Å². The molecule has 0 aliphatic heterocycles. The van der Waals surface area contributed by atoms with Crippen molar-refractivity contribution in [3.8, 4) is 0 Å². The van der Waals surface area contributed by atoms with Crippen molar-refractivity contribution in [1.82, 2.24) is 14.6 Å². The maximum atomic E-state index is 9.29. The zero-order valence-corrected chi connectivity index (χ0v) is 11.3. The zero-order valence-electron chi connectivity index (χ0n) is 9.76. The van der Waals surface area contributed by atoms with Gasteiger partial charge in [0.25, 0.3) is 0 Å². The number of aromatic nitrogens is 3. The molecule has 0 radical (unpaired) electrons. The van der Waals surface area contributed by atoms with Crippen molar-refractivity contribution in [1.29, 1.82) is 0 Å². The van der Waals surface area contributed by atoms with E-state index in [4.69, 9.17) is 0 Å². The van der Waals surface area contributed by atoms with Crippen LogP contribution < -0.4 is 5.32 Å². The van der Waals surface area contributed by atoms with Gasteiger partial charge in [-0.2, -0.15) is 4.98 Å². The monoisotopic (exact) mass is 298 g/mol. The van der Waals surface area contributed by atoms with Gasteiger partial charge in [0.1, 0.15) is 0 Å². The molecule has 6 heteroatoms. The van der Waals surface area contributed by atoms with Crippen LogP contribution in [0, 0.1) is 0 Å². The second-order valence-corrected chi connectivity index (χ2v) is 5.04. The van der Waals surface area contributed by atoms with Gasteiger partial charge in [-0.05, 0) is 48.3 Å². The van der Waals surface area contributed by atoms with E-state index in [9.17, 15) is 5.11 Å². The molecule has 2 atom stereocenters. The van der Waals surface area contributed by atoms with E-state index in [-0.39, 0.29) is 12.1 Å². The van der Waals surface area contributed by atoms with Crippen LogP contribution in [0.5, 0.6) is 0 Å². The van der Waals surface area contributed by atoms with E-state index in [0.717, 1.165) is 10.1 Å². The lowest BCUT2D eigenvalue weighted by Gasteiger charge is -2.13. The summed E-state index contributed by atoms with van der Waals surface area (Å²) in [5, 5.41) is 16.8. The third kappa shape index (κ3) is 2.95. The second-order valence-electron chi connectivity index (χ2n) is 4.19. The van der Waals surface area contributed by atoms with Crippen molar-refractivity contribution >= 4 is 27.5 Å². The number of fused-ring (bicyclic) bond motifs is 1. The van der Waals surface area contributed by atoms with Crippen molar-refractivity contribution in [2.75, 3.05) is 5.32 Å². The maximum absolute atomic E-state index is 9.29. The smallest absolute Gasteiger partial charge is 0.243 e. The van der Waals surface area contributed by atoms with Crippen molar-refractivity contribution in [2.45, 2.75) is 32.4 Å². The van der Waals surface area contributed by atoms with Gasteiger partial charge in [-0.1, -0.05) is 0 Å². The predicted molar refractivity (Wildman–Crippen MR) is 70.1 cm³/mol. The highest BCUT2D eigenvalue weighted by atomic mass is 79.9. The van der Waals surface area contributed by atoms with Gasteiger partial charge in [0, 0.05) is 12.2 Å². The van der Waals surface area contributed by atoms with E-state index in [1.165, 1.54) is 0 Å². The van der Waals surface area contributed by atoms with E-state index in [1.807, 2.05) is 25.3 Å². The second kappa shape index (κ2) is 5.01. The molecule has 17 heavy (non-hydrogen) atoms. The van der Waals surface area contributed by atoms with Gasteiger partial charge in [-0.3, -0.25) is 0 Å². The highest BCUT2D eigenvalue weighted by molar-refractivity contribution is 9.10. The zero-order chi connectivity index (χ0) is 12.4. The van der Waals surface area contributed by atoms with E-state index in [0.29, 0.717) is 12.4 Å². The van der Waals surface area contributed by atoms with Crippen LogP contribution in [0.15, 0.2) is 22.8 Å². The standard InChI is InChI=1S/C11H15BrN4O/c1-7(6-8(2)17)13-11-14-10-9(12)4-3-5-16(10)15-11/h3-5,7-8,17H,6H2,1-2H3,(H,13,15). The van der Waals surface area contributed by atoms with Crippen molar-refractivity contribution in [3.05, 3.63) is 22.8 Å². The van der Waals surface area contributed by atoms with Gasteiger partial charge < -0.3 is 10.4 Å². The fourth-order valence-corrected chi connectivity index (χ4v) is 2.15. The lowest BCUT2D eigenvalue weighted by Crippen LogP contribution is -2.21. The van der Waals surface area contributed by atoms with Crippen LogP contribution in [0.3, 0.4) is 0 Å². The Morgan fingerprint density at radius 1 is 1.53 bits per heavy atom. The normalized spacial score (nSPS) is 14.8. The van der Waals surface area contributed by atoms with E-state index in [1.54, 1.807) is 11.4 Å². The molecule has 0 aromatic carbocycles. The molecule has 0 fully saturated rings. The van der Waals surface area contributed by atoms with E-state index < -0.39 is 0 Å². The lowest BCUT2D eigenvalue weighted by molar-refractivity contribution is 0.179. The van der Waals surface area contributed by atoms with Crippen LogP contribution >= 0.6 is 15.9 Å². The van der Waals surface area contributed by atoms with Crippen molar-refractivity contribution < 1.29 is 5.11 Å². The van der Waals surface area contributed by atoms with Gasteiger partial charge in [-0.25, -0.2) is 4.52 Å². The first-order valence-corrected chi connectivity index (χ1v) is 6.31. The molecule has 92 valence electrons. The Labute approximate surface area is 108 Å². The summed E-state index contributed by atoms with van der Waals surface area (Å²) < 4.78 is 2.62. The van der Waals surface area contributed by atoms with Crippen molar-refractivity contribution in [3.63, 3.8) is 0 Å². The number of pyridine rings is 1. The Bertz CT molecular complexity index is 511. The number of hydrogen-bond acceptors (Lipinski definition) is 4. The first-order chi connectivity index (χ1) is 8.06. The molecule has 2 heterocycles. The predicted octanol–water partition coefficient (Wildman–Crippen LogP) is 2.06. The molecule has 2 N–H and O–H groups in total. The number of aliphatic hydroxyl groups is 1. The Hall–Kier alpha value is -1.14. The minimum absolute atomic E-state index is 0.131. The molecule has 0 spiro atoms. The summed E-state index contributed by atoms with van der Waals surface area (Å²) in [6, 6.07) is 3.95. The third-order valence-electron chi connectivity index (χ3n) is 2.38. The number of anilines is 1. The summed E-state index contributed by atoms with van der Waals surface area (Å²) >= 11 is 3.43. The van der Waals surface area contributed by atoms with Gasteiger partial charge in [0.05, 0.1) is 10.6 Å². The fraction of sp³-hybridized carbons (Fsp3) is 0.455. The average Bonchev–Trinajstić information content (AvgIpc) is 2.60. The Morgan fingerprint density at radius 2 is 2.29 bits per heavy atom. The number of aliphatic hydroxyl groups excluding tert-OH is 1. The number of nitrogens with zero attached hydrogens (tertiary/aromatic N) is 3. The summed E-state index contributed by atoms with van der Waals surface area (Å²) in [5.41, 5.74) is 0.777. The average molecular weight is 299 g/mol. The first kappa shape index (κ1) is 12.3. The minimum atomic E-state index is -0.332. The largest absolute Gasteiger partial charge is 0.393 e. The summed E-state index contributed by atoms with van der Waals surface area (Å²) in [4.78, 5) is 4.37. The van der Waals surface area contributed by atoms with Crippen LogP contribution in [0.25, 0.3) is 5.65 Å². The summed E-state index contributed by atoms with van der Waals surface area (Å²) in [7, 11) is 0. The molecule has 2 aromatic rings. The number of nitrogens with one attached hydrogen (secondary N) is 1. The molecule has 0 aliphatic carbocycles. The quantitative estimate of drug-likeness (QED) is 0.907. The summed E-state index contributed by atoms with van der Waals surface area (Å²) in [6.07, 6.45) is 2.18. The molecular weight excluding hydrogens is 284 g/mol. The number of rotatable bonds is 4. The van der Waals surface area contributed by atoms with Gasteiger partial charge >= 0.3 is 0 Å². The Balaban J connectivity index is 2.17. The molecule has 0 saturated heterocycles. The minimum Gasteiger partial charge on any atom is -0.393 e. The van der Waals surface area contributed by atoms with Gasteiger partial charge in [-0.15, -0.1) is 5.10 Å². The highest BCUT2D eigenvalue weighted by Crippen LogP contribution is 2.17. The molecule has 5 nitrogen and oxygen atoms in total. The Kier molecular flexibility index (Phi) is 3.63. The van der Waals surface area contributed by atoms with Crippen LogP contribution in [-0.4, -0.2) is 31.9 Å². The molecule has 2 aromatic heterocycles. The third-order valence-corrected chi connectivity index (χ3v) is 3.00. The molecule has 0 saturated carbocycles. The van der Waals surface area contributed by atoms with E-state index in [2.05, 4.69) is 31.3 Å². The molecule has 0 amide bonds. The molecule has 0 aliphatic rings. The molecule has 2 rings (SSSR count). The molecule has 0 bridgehead atoms. The van der Waals surface area contributed by atoms with Gasteiger partial charge in [0.15, 0.2) is 5.65 Å². The lowest BCUT2D eigenvalue weighted by atomic mass is 10.2. The molecular formula is C11H15BrN4O. The number of hydrogen-bond donors (Lipinski definition) is 2.